The number of nitro groups is 1. The maximum absolute atomic E-state index is 13.7. The normalized spacial score (nSPS) is 17.9. The molecule has 0 radical (unpaired) electrons. The predicted octanol–water partition coefficient (Wildman–Crippen LogP) is 5.83. The molecule has 1 aliphatic heterocycles. The van der Waals surface area contributed by atoms with E-state index in [1.54, 1.807) is 7.11 Å². The summed E-state index contributed by atoms with van der Waals surface area (Å²) >= 11 is 0. The van der Waals surface area contributed by atoms with Gasteiger partial charge in [-0.3, -0.25) is 14.9 Å². The Balaban J connectivity index is 1.58. The SMILES string of the molecule is COc1ccc([C@@H]2C3=C(CC(C)(C)CC3=O)Nc3ccccc3N2CC(=O)Oc2ccc([N+](=O)[O-])cc2)cc1. The molecular formula is C30H29N3O6. The lowest BCUT2D eigenvalue weighted by Crippen LogP contribution is -2.39. The fourth-order valence-corrected chi connectivity index (χ4v) is 5.30. The standard InChI is InChI=1S/C30H29N3O6/c1-30(2)16-24-28(26(34)17-30)29(19-8-12-21(38-3)13-9-19)32(25-7-5-4-6-23(25)31-24)18-27(35)39-22-14-10-20(11-15-22)33(36)37/h4-15,29,31H,16-18H2,1-3H3/t29-/m1/s1. The second-order valence-electron chi connectivity index (χ2n) is 10.5. The zero-order chi connectivity index (χ0) is 27.7. The van der Waals surface area contributed by atoms with Crippen LogP contribution in [0.15, 0.2) is 84.1 Å². The van der Waals surface area contributed by atoms with Crippen LogP contribution < -0.4 is 19.7 Å². The second kappa shape index (κ2) is 10.2. The van der Waals surface area contributed by atoms with Gasteiger partial charge in [0.15, 0.2) is 5.78 Å². The number of nitro benzene ring substituents is 1. The Labute approximate surface area is 226 Å². The summed E-state index contributed by atoms with van der Waals surface area (Å²) in [7, 11) is 1.59. The van der Waals surface area contributed by atoms with E-state index in [1.807, 2.05) is 53.4 Å². The fourth-order valence-electron chi connectivity index (χ4n) is 5.30. The molecule has 0 saturated carbocycles. The molecule has 0 unspecified atom stereocenters. The molecule has 0 aromatic heterocycles. The molecule has 0 amide bonds. The number of anilines is 2. The summed E-state index contributed by atoms with van der Waals surface area (Å²) in [5.74, 6) is 0.337. The van der Waals surface area contributed by atoms with E-state index in [4.69, 9.17) is 9.47 Å². The molecule has 5 rings (SSSR count). The van der Waals surface area contributed by atoms with Gasteiger partial charge in [-0.05, 0) is 53.8 Å². The van der Waals surface area contributed by atoms with Gasteiger partial charge < -0.3 is 19.7 Å². The molecule has 9 nitrogen and oxygen atoms in total. The lowest BCUT2D eigenvalue weighted by atomic mass is 9.73. The van der Waals surface area contributed by atoms with E-state index in [9.17, 15) is 19.7 Å². The average molecular weight is 528 g/mol. The number of non-ortho nitro benzene ring substituents is 1. The first-order valence-electron chi connectivity index (χ1n) is 12.6. The molecule has 39 heavy (non-hydrogen) atoms. The lowest BCUT2D eigenvalue weighted by Gasteiger charge is -2.37. The van der Waals surface area contributed by atoms with Crippen molar-refractivity contribution in [1.82, 2.24) is 0 Å². The fraction of sp³-hybridized carbons (Fsp3) is 0.267. The largest absolute Gasteiger partial charge is 0.497 e. The number of fused-ring (bicyclic) bond motifs is 1. The van der Waals surface area contributed by atoms with E-state index in [0.717, 1.165) is 22.6 Å². The summed E-state index contributed by atoms with van der Waals surface area (Å²) in [4.78, 5) is 39.4. The maximum atomic E-state index is 13.7. The number of ketones is 1. The number of hydrogen-bond acceptors (Lipinski definition) is 8. The molecule has 200 valence electrons. The van der Waals surface area contributed by atoms with Crippen molar-refractivity contribution >= 4 is 28.8 Å². The van der Waals surface area contributed by atoms with Crippen LogP contribution in [0.4, 0.5) is 17.1 Å². The third-order valence-corrected chi connectivity index (χ3v) is 7.01. The van der Waals surface area contributed by atoms with Crippen molar-refractivity contribution < 1.29 is 24.0 Å². The number of carbonyl (C=O) groups excluding carboxylic acids is 2. The van der Waals surface area contributed by atoms with Gasteiger partial charge in [0, 0.05) is 29.8 Å². The molecule has 0 bridgehead atoms. The first-order valence-corrected chi connectivity index (χ1v) is 12.6. The van der Waals surface area contributed by atoms with Gasteiger partial charge in [-0.1, -0.05) is 38.1 Å². The number of hydrogen-bond donors (Lipinski definition) is 1. The van der Waals surface area contributed by atoms with Crippen molar-refractivity contribution in [3.8, 4) is 11.5 Å². The van der Waals surface area contributed by atoms with Crippen LogP contribution in [0.5, 0.6) is 11.5 Å². The Kier molecular flexibility index (Phi) is 6.82. The molecule has 1 aliphatic carbocycles. The molecule has 1 N–H and O–H groups in total. The number of methoxy groups -OCH3 is 1. The maximum Gasteiger partial charge on any atom is 0.330 e. The number of para-hydroxylation sites is 2. The van der Waals surface area contributed by atoms with Crippen molar-refractivity contribution in [3.63, 3.8) is 0 Å². The highest BCUT2D eigenvalue weighted by Gasteiger charge is 2.42. The van der Waals surface area contributed by atoms with Gasteiger partial charge in [0.1, 0.15) is 18.0 Å². The minimum absolute atomic E-state index is 0.0242. The monoisotopic (exact) mass is 527 g/mol. The Hall–Kier alpha value is -4.66. The van der Waals surface area contributed by atoms with Gasteiger partial charge >= 0.3 is 5.97 Å². The summed E-state index contributed by atoms with van der Waals surface area (Å²) in [5.41, 5.74) is 3.52. The van der Waals surface area contributed by atoms with E-state index < -0.39 is 16.9 Å². The summed E-state index contributed by atoms with van der Waals surface area (Å²) < 4.78 is 10.9. The minimum Gasteiger partial charge on any atom is -0.497 e. The topological polar surface area (TPSA) is 111 Å². The van der Waals surface area contributed by atoms with Crippen molar-refractivity contribution in [1.29, 1.82) is 0 Å². The molecule has 3 aromatic rings. The van der Waals surface area contributed by atoms with E-state index in [2.05, 4.69) is 19.2 Å². The molecule has 0 spiro atoms. The van der Waals surface area contributed by atoms with Crippen molar-refractivity contribution in [2.75, 3.05) is 23.9 Å². The van der Waals surface area contributed by atoms with Crippen LogP contribution in [-0.4, -0.2) is 30.3 Å². The summed E-state index contributed by atoms with van der Waals surface area (Å²) in [5, 5.41) is 14.5. The Bertz CT molecular complexity index is 1460. The van der Waals surface area contributed by atoms with Crippen LogP contribution in [0.1, 0.15) is 38.3 Å². The average Bonchev–Trinajstić information content (AvgIpc) is 3.03. The van der Waals surface area contributed by atoms with Crippen molar-refractivity contribution in [2.24, 2.45) is 5.41 Å². The third-order valence-electron chi connectivity index (χ3n) is 7.01. The van der Waals surface area contributed by atoms with Crippen LogP contribution in [0.25, 0.3) is 0 Å². The Morgan fingerprint density at radius 1 is 1.03 bits per heavy atom. The summed E-state index contributed by atoms with van der Waals surface area (Å²) in [6, 6.07) is 19.9. The number of nitrogens with one attached hydrogen (secondary N) is 1. The number of nitrogens with zero attached hydrogens (tertiary/aromatic N) is 2. The molecule has 1 heterocycles. The molecule has 3 aromatic carbocycles. The van der Waals surface area contributed by atoms with Crippen LogP contribution in [-0.2, 0) is 9.59 Å². The molecule has 0 fully saturated rings. The van der Waals surface area contributed by atoms with E-state index >= 15 is 0 Å². The number of Topliss-reactive ketones (excluding diaryl/α,β-unsaturated/α-hetero) is 1. The van der Waals surface area contributed by atoms with Gasteiger partial charge in [-0.2, -0.15) is 0 Å². The van der Waals surface area contributed by atoms with Crippen molar-refractivity contribution in [2.45, 2.75) is 32.7 Å². The zero-order valence-corrected chi connectivity index (χ0v) is 22.0. The number of rotatable bonds is 6. The van der Waals surface area contributed by atoms with Crippen LogP contribution >= 0.6 is 0 Å². The van der Waals surface area contributed by atoms with Crippen molar-refractivity contribution in [3.05, 3.63) is 99.7 Å². The molecule has 9 heteroatoms. The highest BCUT2D eigenvalue weighted by atomic mass is 16.6. The lowest BCUT2D eigenvalue weighted by molar-refractivity contribution is -0.384. The van der Waals surface area contributed by atoms with E-state index in [1.165, 1.54) is 24.3 Å². The molecule has 0 saturated heterocycles. The second-order valence-corrected chi connectivity index (χ2v) is 10.5. The van der Waals surface area contributed by atoms with Gasteiger partial charge in [-0.25, -0.2) is 4.79 Å². The molecule has 1 atom stereocenters. The molecule has 2 aliphatic rings. The van der Waals surface area contributed by atoms with Gasteiger partial charge in [0.25, 0.3) is 5.69 Å². The highest BCUT2D eigenvalue weighted by molar-refractivity contribution is 6.01. The zero-order valence-electron chi connectivity index (χ0n) is 22.0. The highest BCUT2D eigenvalue weighted by Crippen LogP contribution is 2.48. The summed E-state index contributed by atoms with van der Waals surface area (Å²) in [6.45, 7) is 3.99. The Morgan fingerprint density at radius 3 is 2.36 bits per heavy atom. The van der Waals surface area contributed by atoms with Crippen LogP contribution in [0, 0.1) is 15.5 Å². The quantitative estimate of drug-likeness (QED) is 0.185. The van der Waals surface area contributed by atoms with E-state index in [-0.39, 0.29) is 29.2 Å². The van der Waals surface area contributed by atoms with Crippen LogP contribution in [0.3, 0.4) is 0 Å². The minimum atomic E-state index is -0.565. The first-order chi connectivity index (χ1) is 18.6. The third kappa shape index (κ3) is 5.34. The Morgan fingerprint density at radius 2 is 1.69 bits per heavy atom. The number of allylic oxidation sites excluding steroid dienone is 1. The smallest absolute Gasteiger partial charge is 0.330 e. The van der Waals surface area contributed by atoms with Crippen LogP contribution in [0.2, 0.25) is 0 Å². The predicted molar refractivity (Wildman–Crippen MR) is 147 cm³/mol. The van der Waals surface area contributed by atoms with Gasteiger partial charge in [0.2, 0.25) is 0 Å². The van der Waals surface area contributed by atoms with Gasteiger partial charge in [-0.15, -0.1) is 0 Å². The number of carbonyl (C=O) groups is 2. The number of benzene rings is 3. The number of ether oxygens (including phenoxy) is 2. The molecular weight excluding hydrogens is 498 g/mol. The first kappa shape index (κ1) is 26.0. The number of esters is 1. The van der Waals surface area contributed by atoms with E-state index in [0.29, 0.717) is 24.2 Å². The summed E-state index contributed by atoms with van der Waals surface area (Å²) in [6.07, 6.45) is 1.06. The van der Waals surface area contributed by atoms with Gasteiger partial charge in [0.05, 0.1) is 29.4 Å².